The largest absolute Gasteiger partial charge is 0.293 e. The van der Waals surface area contributed by atoms with Crippen LogP contribution in [0.2, 0.25) is 0 Å². The highest BCUT2D eigenvalue weighted by atomic mass is 16.1. The van der Waals surface area contributed by atoms with E-state index in [0.29, 0.717) is 11.4 Å². The molecule has 1 aromatic rings. The van der Waals surface area contributed by atoms with Crippen molar-refractivity contribution in [3.8, 4) is 0 Å². The van der Waals surface area contributed by atoms with Gasteiger partial charge in [0.25, 0.3) is 0 Å². The highest BCUT2D eigenvalue weighted by molar-refractivity contribution is 5.92. The van der Waals surface area contributed by atoms with Gasteiger partial charge in [-0.2, -0.15) is 0 Å². The lowest BCUT2D eigenvalue weighted by molar-refractivity contribution is 0.101. The van der Waals surface area contributed by atoms with Gasteiger partial charge in [-0.05, 0) is 17.7 Å². The van der Waals surface area contributed by atoms with Crippen LogP contribution in [0.25, 0.3) is 10.4 Å². The molecule has 0 aliphatic rings. The molecule has 5 nitrogen and oxygen atoms in total. The molecule has 0 atom stereocenters. The Morgan fingerprint density at radius 1 is 1.67 bits per heavy atom. The molecule has 0 radical (unpaired) electrons. The van der Waals surface area contributed by atoms with Crippen LogP contribution in [-0.2, 0) is 0 Å². The average Bonchev–Trinajstić information content (AvgIpc) is 2.06. The van der Waals surface area contributed by atoms with Gasteiger partial charge >= 0.3 is 0 Å². The van der Waals surface area contributed by atoms with E-state index in [2.05, 4.69) is 15.0 Å². The van der Waals surface area contributed by atoms with Gasteiger partial charge in [-0.15, -0.1) is 0 Å². The number of hydrogen-bond acceptors (Lipinski definition) is 3. The van der Waals surface area contributed by atoms with Crippen LogP contribution in [-0.4, -0.2) is 10.8 Å². The van der Waals surface area contributed by atoms with Crippen LogP contribution < -0.4 is 0 Å². The molecule has 0 unspecified atom stereocenters. The maximum absolute atomic E-state index is 10.7. The van der Waals surface area contributed by atoms with Crippen LogP contribution in [0.3, 0.4) is 0 Å². The third-order valence-electron chi connectivity index (χ3n) is 1.27. The van der Waals surface area contributed by atoms with Crippen molar-refractivity contribution < 1.29 is 4.79 Å². The fourth-order valence-corrected chi connectivity index (χ4v) is 0.705. The molecular formula is C7H6N4O. The first-order valence-electron chi connectivity index (χ1n) is 3.26. The second-order valence-corrected chi connectivity index (χ2v) is 2.15. The van der Waals surface area contributed by atoms with Gasteiger partial charge in [-0.1, -0.05) is 5.11 Å². The van der Waals surface area contributed by atoms with Crippen molar-refractivity contribution >= 4 is 11.5 Å². The summed E-state index contributed by atoms with van der Waals surface area (Å²) in [7, 11) is 0. The standard InChI is InChI=1S/C7H6N4O/c1-5(12)7-3-2-6(4-9-7)10-11-8/h2-4H,1H3. The number of carbonyl (C=O) groups excluding carboxylic acids is 1. The Labute approximate surface area is 68.7 Å². The fraction of sp³-hybridized carbons (Fsp3) is 0.143. The van der Waals surface area contributed by atoms with E-state index in [9.17, 15) is 4.79 Å². The summed E-state index contributed by atoms with van der Waals surface area (Å²) < 4.78 is 0. The summed E-state index contributed by atoms with van der Waals surface area (Å²) in [6.45, 7) is 1.43. The summed E-state index contributed by atoms with van der Waals surface area (Å²) in [6, 6.07) is 3.07. The third-order valence-corrected chi connectivity index (χ3v) is 1.27. The quantitative estimate of drug-likeness (QED) is 0.289. The molecule has 5 heteroatoms. The predicted octanol–water partition coefficient (Wildman–Crippen LogP) is 2.23. The van der Waals surface area contributed by atoms with Gasteiger partial charge in [0.2, 0.25) is 0 Å². The first-order chi connectivity index (χ1) is 5.74. The van der Waals surface area contributed by atoms with Crippen molar-refractivity contribution in [2.24, 2.45) is 5.11 Å². The first-order valence-corrected chi connectivity index (χ1v) is 3.26. The van der Waals surface area contributed by atoms with Crippen LogP contribution in [0.4, 0.5) is 5.69 Å². The van der Waals surface area contributed by atoms with Crippen molar-refractivity contribution in [2.75, 3.05) is 0 Å². The summed E-state index contributed by atoms with van der Waals surface area (Å²) in [6.07, 6.45) is 1.36. The van der Waals surface area contributed by atoms with Crippen molar-refractivity contribution in [1.82, 2.24) is 4.98 Å². The molecular weight excluding hydrogens is 156 g/mol. The van der Waals surface area contributed by atoms with Crippen LogP contribution in [0.1, 0.15) is 17.4 Å². The fourth-order valence-electron chi connectivity index (χ4n) is 0.705. The normalized spacial score (nSPS) is 8.75. The topological polar surface area (TPSA) is 78.7 Å². The Kier molecular flexibility index (Phi) is 2.40. The number of azide groups is 1. The zero-order chi connectivity index (χ0) is 8.97. The smallest absolute Gasteiger partial charge is 0.178 e. The molecule has 0 bridgehead atoms. The maximum Gasteiger partial charge on any atom is 0.178 e. The number of ketones is 1. The molecule has 0 amide bonds. The lowest BCUT2D eigenvalue weighted by atomic mass is 10.3. The highest BCUT2D eigenvalue weighted by Crippen LogP contribution is 2.09. The minimum atomic E-state index is -0.109. The SMILES string of the molecule is CC(=O)c1ccc(N=[N+]=[N-])cn1. The Bertz CT molecular complexity index is 316. The minimum Gasteiger partial charge on any atom is -0.293 e. The minimum absolute atomic E-state index is 0.109. The van der Waals surface area contributed by atoms with E-state index in [0.717, 1.165) is 0 Å². The van der Waals surface area contributed by atoms with Gasteiger partial charge < -0.3 is 0 Å². The Morgan fingerprint density at radius 2 is 2.42 bits per heavy atom. The zero-order valence-electron chi connectivity index (χ0n) is 6.43. The molecule has 0 aliphatic carbocycles. The Balaban J connectivity index is 3.00. The molecule has 0 aromatic carbocycles. The third kappa shape index (κ3) is 1.81. The van der Waals surface area contributed by atoms with Crippen LogP contribution in [0, 0.1) is 0 Å². The molecule has 0 fully saturated rings. The summed E-state index contributed by atoms with van der Waals surface area (Å²) in [5.41, 5.74) is 8.83. The first kappa shape index (κ1) is 8.23. The van der Waals surface area contributed by atoms with Crippen molar-refractivity contribution in [1.29, 1.82) is 0 Å². The number of Topliss-reactive ketones (excluding diaryl/α,β-unsaturated/α-hetero) is 1. The maximum atomic E-state index is 10.7. The summed E-state index contributed by atoms with van der Waals surface area (Å²) in [5, 5.41) is 3.31. The Hall–Kier alpha value is -1.87. The van der Waals surface area contributed by atoms with Crippen LogP contribution >= 0.6 is 0 Å². The molecule has 0 aliphatic heterocycles. The highest BCUT2D eigenvalue weighted by Gasteiger charge is 1.98. The second-order valence-electron chi connectivity index (χ2n) is 2.15. The van der Waals surface area contributed by atoms with E-state index in [1.54, 1.807) is 6.07 Å². The number of pyridine rings is 1. The summed E-state index contributed by atoms with van der Waals surface area (Å²) in [4.78, 5) is 17.1. The van der Waals surface area contributed by atoms with Crippen LogP contribution in [0.15, 0.2) is 23.4 Å². The van der Waals surface area contributed by atoms with Gasteiger partial charge in [0.1, 0.15) is 5.69 Å². The molecule has 1 heterocycles. The van der Waals surface area contributed by atoms with Gasteiger partial charge in [-0.3, -0.25) is 9.78 Å². The Morgan fingerprint density at radius 3 is 2.83 bits per heavy atom. The van der Waals surface area contributed by atoms with Crippen LogP contribution in [0.5, 0.6) is 0 Å². The number of nitrogens with zero attached hydrogens (tertiary/aromatic N) is 4. The zero-order valence-corrected chi connectivity index (χ0v) is 6.43. The molecule has 0 N–H and O–H groups in total. The summed E-state index contributed by atoms with van der Waals surface area (Å²) in [5.74, 6) is -0.109. The van der Waals surface area contributed by atoms with E-state index in [1.807, 2.05) is 0 Å². The molecule has 60 valence electrons. The van der Waals surface area contributed by atoms with Gasteiger partial charge in [0.15, 0.2) is 5.78 Å². The molecule has 1 rings (SSSR count). The van der Waals surface area contributed by atoms with Crippen molar-refractivity contribution in [2.45, 2.75) is 6.92 Å². The van der Waals surface area contributed by atoms with E-state index >= 15 is 0 Å². The molecule has 0 spiro atoms. The number of aromatic nitrogens is 1. The van der Waals surface area contributed by atoms with Gasteiger partial charge in [-0.25, -0.2) is 0 Å². The number of carbonyl (C=O) groups is 1. The molecule has 0 saturated heterocycles. The van der Waals surface area contributed by atoms with E-state index in [1.165, 1.54) is 19.2 Å². The molecule has 1 aromatic heterocycles. The monoisotopic (exact) mass is 162 g/mol. The predicted molar refractivity (Wildman–Crippen MR) is 43.0 cm³/mol. The van der Waals surface area contributed by atoms with Gasteiger partial charge in [0.05, 0.1) is 5.69 Å². The lowest BCUT2D eigenvalue weighted by Gasteiger charge is -1.93. The van der Waals surface area contributed by atoms with E-state index in [-0.39, 0.29) is 5.78 Å². The van der Waals surface area contributed by atoms with Gasteiger partial charge in [0, 0.05) is 18.0 Å². The van der Waals surface area contributed by atoms with Crippen molar-refractivity contribution in [3.63, 3.8) is 0 Å². The van der Waals surface area contributed by atoms with Crippen molar-refractivity contribution in [3.05, 3.63) is 34.5 Å². The average molecular weight is 162 g/mol. The number of rotatable bonds is 2. The van der Waals surface area contributed by atoms with E-state index < -0.39 is 0 Å². The second kappa shape index (κ2) is 3.50. The van der Waals surface area contributed by atoms with E-state index in [4.69, 9.17) is 5.53 Å². The molecule has 12 heavy (non-hydrogen) atoms. The summed E-state index contributed by atoms with van der Waals surface area (Å²) >= 11 is 0. The molecule has 0 saturated carbocycles. The number of hydrogen-bond donors (Lipinski definition) is 0. The lowest BCUT2D eigenvalue weighted by Crippen LogP contribution is -1.94.